The lowest BCUT2D eigenvalue weighted by Gasteiger charge is -2.32. The van der Waals surface area contributed by atoms with Gasteiger partial charge in [-0.05, 0) is 48.3 Å². The van der Waals surface area contributed by atoms with Gasteiger partial charge in [0.25, 0.3) is 0 Å². The molecule has 27 heavy (non-hydrogen) atoms. The third kappa shape index (κ3) is 4.32. The zero-order valence-electron chi connectivity index (χ0n) is 16.0. The summed E-state index contributed by atoms with van der Waals surface area (Å²) in [6.45, 7) is 4.22. The van der Waals surface area contributed by atoms with Crippen LogP contribution in [0.15, 0.2) is 66.7 Å². The van der Waals surface area contributed by atoms with E-state index in [0.29, 0.717) is 6.04 Å². The highest BCUT2D eigenvalue weighted by Gasteiger charge is 2.19. The number of hydrogen-bond donors (Lipinski definition) is 1. The SMILES string of the molecule is COc1ccc2ccccc2c1CNC1CCN(Cc2ccccc2)CC1. The second kappa shape index (κ2) is 8.55. The van der Waals surface area contributed by atoms with E-state index in [-0.39, 0.29) is 0 Å². The van der Waals surface area contributed by atoms with Crippen LogP contribution in [0.25, 0.3) is 10.8 Å². The van der Waals surface area contributed by atoms with Crippen LogP contribution < -0.4 is 10.1 Å². The fourth-order valence-electron chi connectivity index (χ4n) is 4.07. The first-order valence-electron chi connectivity index (χ1n) is 9.88. The van der Waals surface area contributed by atoms with E-state index in [9.17, 15) is 0 Å². The summed E-state index contributed by atoms with van der Waals surface area (Å²) >= 11 is 0. The topological polar surface area (TPSA) is 24.5 Å². The average molecular weight is 361 g/mol. The number of rotatable bonds is 6. The van der Waals surface area contributed by atoms with Gasteiger partial charge in [-0.2, -0.15) is 0 Å². The minimum atomic E-state index is 0.570. The molecule has 1 saturated heterocycles. The monoisotopic (exact) mass is 360 g/mol. The number of likely N-dealkylation sites (tertiary alicyclic amines) is 1. The van der Waals surface area contributed by atoms with Crippen LogP contribution in [0, 0.1) is 0 Å². The van der Waals surface area contributed by atoms with Crippen molar-refractivity contribution in [3.8, 4) is 5.75 Å². The Labute approximate surface area is 162 Å². The fraction of sp³-hybridized carbons (Fsp3) is 0.333. The van der Waals surface area contributed by atoms with Crippen molar-refractivity contribution in [3.63, 3.8) is 0 Å². The third-order valence-electron chi connectivity index (χ3n) is 5.62. The Morgan fingerprint density at radius 2 is 1.67 bits per heavy atom. The third-order valence-corrected chi connectivity index (χ3v) is 5.62. The lowest BCUT2D eigenvalue weighted by atomic mass is 10.0. The fourth-order valence-corrected chi connectivity index (χ4v) is 4.07. The van der Waals surface area contributed by atoms with E-state index in [1.54, 1.807) is 7.11 Å². The second-order valence-corrected chi connectivity index (χ2v) is 7.38. The molecule has 0 atom stereocenters. The molecule has 1 aliphatic heterocycles. The number of nitrogens with one attached hydrogen (secondary N) is 1. The van der Waals surface area contributed by atoms with Crippen LogP contribution >= 0.6 is 0 Å². The summed E-state index contributed by atoms with van der Waals surface area (Å²) in [5.41, 5.74) is 2.67. The van der Waals surface area contributed by atoms with E-state index < -0.39 is 0 Å². The van der Waals surface area contributed by atoms with Crippen LogP contribution in [0.5, 0.6) is 5.75 Å². The lowest BCUT2D eigenvalue weighted by Crippen LogP contribution is -2.41. The molecule has 0 bridgehead atoms. The summed E-state index contributed by atoms with van der Waals surface area (Å²) < 4.78 is 5.63. The summed E-state index contributed by atoms with van der Waals surface area (Å²) in [6.07, 6.45) is 2.39. The predicted molar refractivity (Wildman–Crippen MR) is 112 cm³/mol. The van der Waals surface area contributed by atoms with E-state index >= 15 is 0 Å². The zero-order chi connectivity index (χ0) is 18.5. The van der Waals surface area contributed by atoms with Crippen LogP contribution in [0.4, 0.5) is 0 Å². The predicted octanol–water partition coefficient (Wildman–Crippen LogP) is 4.60. The average Bonchev–Trinajstić information content (AvgIpc) is 2.73. The van der Waals surface area contributed by atoms with Gasteiger partial charge in [-0.25, -0.2) is 0 Å². The van der Waals surface area contributed by atoms with Crippen molar-refractivity contribution in [2.24, 2.45) is 0 Å². The molecule has 3 aromatic carbocycles. The quantitative estimate of drug-likeness (QED) is 0.695. The van der Waals surface area contributed by atoms with Crippen LogP contribution in [0.3, 0.4) is 0 Å². The maximum Gasteiger partial charge on any atom is 0.123 e. The van der Waals surface area contributed by atoms with E-state index in [1.165, 1.54) is 34.7 Å². The normalized spacial score (nSPS) is 15.9. The second-order valence-electron chi connectivity index (χ2n) is 7.38. The molecule has 0 amide bonds. The first kappa shape index (κ1) is 18.0. The molecule has 1 N–H and O–H groups in total. The van der Waals surface area contributed by atoms with Gasteiger partial charge in [0.1, 0.15) is 5.75 Å². The Hall–Kier alpha value is -2.36. The Bertz CT molecular complexity index is 870. The molecule has 3 heteroatoms. The van der Waals surface area contributed by atoms with Crippen LogP contribution in [0.1, 0.15) is 24.0 Å². The zero-order valence-corrected chi connectivity index (χ0v) is 16.0. The molecule has 140 valence electrons. The number of methoxy groups -OCH3 is 1. The molecule has 1 heterocycles. The summed E-state index contributed by atoms with van der Waals surface area (Å²) in [7, 11) is 1.76. The molecule has 1 aliphatic rings. The van der Waals surface area contributed by atoms with Crippen molar-refractivity contribution < 1.29 is 4.74 Å². The molecule has 0 unspecified atom stereocenters. The highest BCUT2D eigenvalue weighted by Crippen LogP contribution is 2.28. The van der Waals surface area contributed by atoms with Gasteiger partial charge in [0.15, 0.2) is 0 Å². The van der Waals surface area contributed by atoms with Crippen molar-refractivity contribution in [2.45, 2.75) is 32.0 Å². The molecular weight excluding hydrogens is 332 g/mol. The number of nitrogens with zero attached hydrogens (tertiary/aromatic N) is 1. The Morgan fingerprint density at radius 1 is 0.926 bits per heavy atom. The summed E-state index contributed by atoms with van der Waals surface area (Å²) in [5, 5.41) is 6.34. The van der Waals surface area contributed by atoms with Crippen molar-refractivity contribution in [3.05, 3.63) is 77.9 Å². The van der Waals surface area contributed by atoms with E-state index in [1.807, 2.05) is 0 Å². The molecule has 0 saturated carbocycles. The largest absolute Gasteiger partial charge is 0.496 e. The Morgan fingerprint density at radius 3 is 2.44 bits per heavy atom. The van der Waals surface area contributed by atoms with Crippen LogP contribution in [0.2, 0.25) is 0 Å². The summed E-state index contributed by atoms with van der Waals surface area (Å²) in [6, 6.07) is 24.1. The van der Waals surface area contributed by atoms with Gasteiger partial charge < -0.3 is 10.1 Å². The van der Waals surface area contributed by atoms with Crippen molar-refractivity contribution in [1.82, 2.24) is 10.2 Å². The molecule has 3 nitrogen and oxygen atoms in total. The molecular formula is C24H28N2O. The minimum absolute atomic E-state index is 0.570. The molecule has 4 rings (SSSR count). The molecule has 0 aliphatic carbocycles. The van der Waals surface area contributed by atoms with Gasteiger partial charge >= 0.3 is 0 Å². The molecule has 0 spiro atoms. The Kier molecular flexibility index (Phi) is 5.71. The molecule has 0 aromatic heterocycles. The van der Waals surface area contributed by atoms with Gasteiger partial charge in [-0.3, -0.25) is 4.90 Å². The van der Waals surface area contributed by atoms with E-state index in [0.717, 1.165) is 31.9 Å². The number of fused-ring (bicyclic) bond motifs is 1. The van der Waals surface area contributed by atoms with Crippen molar-refractivity contribution >= 4 is 10.8 Å². The van der Waals surface area contributed by atoms with Gasteiger partial charge in [0.2, 0.25) is 0 Å². The van der Waals surface area contributed by atoms with Gasteiger partial charge in [0, 0.05) is 24.7 Å². The van der Waals surface area contributed by atoms with Crippen LogP contribution in [-0.4, -0.2) is 31.1 Å². The van der Waals surface area contributed by atoms with Gasteiger partial charge in [-0.15, -0.1) is 0 Å². The molecule has 3 aromatic rings. The number of hydrogen-bond acceptors (Lipinski definition) is 3. The highest BCUT2D eigenvalue weighted by atomic mass is 16.5. The van der Waals surface area contributed by atoms with Crippen molar-refractivity contribution in [1.29, 1.82) is 0 Å². The number of ether oxygens (including phenoxy) is 1. The number of piperidine rings is 1. The first-order valence-corrected chi connectivity index (χ1v) is 9.88. The van der Waals surface area contributed by atoms with Crippen molar-refractivity contribution in [2.75, 3.05) is 20.2 Å². The maximum absolute atomic E-state index is 5.63. The van der Waals surface area contributed by atoms with Crippen LogP contribution in [-0.2, 0) is 13.1 Å². The Balaban J connectivity index is 1.36. The smallest absolute Gasteiger partial charge is 0.123 e. The van der Waals surface area contributed by atoms with E-state index in [2.05, 4.69) is 76.9 Å². The lowest BCUT2D eigenvalue weighted by molar-refractivity contribution is 0.190. The first-order chi connectivity index (χ1) is 13.3. The van der Waals surface area contributed by atoms with Gasteiger partial charge in [-0.1, -0.05) is 60.7 Å². The number of benzene rings is 3. The molecule has 1 fully saturated rings. The minimum Gasteiger partial charge on any atom is -0.496 e. The standard InChI is InChI=1S/C24H28N2O/c1-27-24-12-11-20-9-5-6-10-22(20)23(24)17-25-21-13-15-26(16-14-21)18-19-7-3-2-4-8-19/h2-12,21,25H,13-18H2,1H3. The summed E-state index contributed by atoms with van der Waals surface area (Å²) in [4.78, 5) is 2.56. The van der Waals surface area contributed by atoms with Gasteiger partial charge in [0.05, 0.1) is 7.11 Å². The highest BCUT2D eigenvalue weighted by molar-refractivity contribution is 5.87. The maximum atomic E-state index is 5.63. The molecule has 0 radical (unpaired) electrons. The van der Waals surface area contributed by atoms with E-state index in [4.69, 9.17) is 4.74 Å². The summed E-state index contributed by atoms with van der Waals surface area (Å²) in [5.74, 6) is 0.975.